The number of nitrogens with zero attached hydrogens (tertiary/aromatic N) is 4. The molecule has 0 atom stereocenters. The van der Waals surface area contributed by atoms with Crippen molar-refractivity contribution in [1.29, 1.82) is 0 Å². The molecular formula is C20H26BrN5O2. The molecule has 1 fully saturated rings. The summed E-state index contributed by atoms with van der Waals surface area (Å²) in [5.74, 6) is 3.32. The molecule has 0 spiro atoms. The molecule has 0 bridgehead atoms. The minimum atomic E-state index is 0.645. The van der Waals surface area contributed by atoms with Crippen molar-refractivity contribution in [3.05, 3.63) is 46.6 Å². The van der Waals surface area contributed by atoms with E-state index in [1.165, 1.54) is 0 Å². The molecule has 0 radical (unpaired) electrons. The van der Waals surface area contributed by atoms with Crippen LogP contribution in [0, 0.1) is 0 Å². The highest BCUT2D eigenvalue weighted by Crippen LogP contribution is 2.36. The zero-order valence-electron chi connectivity index (χ0n) is 16.5. The van der Waals surface area contributed by atoms with Gasteiger partial charge in [0.15, 0.2) is 17.5 Å². The maximum absolute atomic E-state index is 5.43. The summed E-state index contributed by atoms with van der Waals surface area (Å²) in [6, 6.07) is 10.0. The van der Waals surface area contributed by atoms with Crippen LogP contribution in [0.25, 0.3) is 0 Å². The summed E-state index contributed by atoms with van der Waals surface area (Å²) >= 11 is 3.54. The number of benzene rings is 1. The zero-order chi connectivity index (χ0) is 19.9. The first-order valence-electron chi connectivity index (χ1n) is 9.18. The van der Waals surface area contributed by atoms with Gasteiger partial charge in [-0.3, -0.25) is 4.99 Å². The van der Waals surface area contributed by atoms with Crippen LogP contribution in [0.15, 0.2) is 46.0 Å². The molecule has 150 valence electrons. The fourth-order valence-corrected chi connectivity index (χ4v) is 3.93. The van der Waals surface area contributed by atoms with Crippen LogP contribution in [-0.2, 0) is 6.54 Å². The van der Waals surface area contributed by atoms with Gasteiger partial charge in [0.25, 0.3) is 0 Å². The SMILES string of the molecule is CN=C(NCc1cc(Br)c(OC)c(OC)c1)N1CCN(c2ccccn2)CC1. The highest BCUT2D eigenvalue weighted by molar-refractivity contribution is 9.10. The fraction of sp³-hybridized carbons (Fsp3) is 0.400. The molecule has 1 aliphatic heterocycles. The normalized spacial score (nSPS) is 14.8. The number of rotatable bonds is 5. The van der Waals surface area contributed by atoms with Crippen LogP contribution in [0.1, 0.15) is 5.56 Å². The van der Waals surface area contributed by atoms with Crippen molar-refractivity contribution in [3.8, 4) is 11.5 Å². The quantitative estimate of drug-likeness (QED) is 0.561. The molecule has 1 aromatic carbocycles. The number of aliphatic imine (C=N–C) groups is 1. The van der Waals surface area contributed by atoms with E-state index >= 15 is 0 Å². The van der Waals surface area contributed by atoms with Crippen LogP contribution in [-0.4, -0.2) is 63.3 Å². The molecule has 28 heavy (non-hydrogen) atoms. The molecule has 0 aliphatic carbocycles. The second-order valence-electron chi connectivity index (χ2n) is 6.38. The number of hydrogen-bond acceptors (Lipinski definition) is 5. The van der Waals surface area contributed by atoms with Gasteiger partial charge in [0.1, 0.15) is 5.82 Å². The lowest BCUT2D eigenvalue weighted by Gasteiger charge is -2.37. The third kappa shape index (κ3) is 4.67. The molecule has 0 amide bonds. The second-order valence-corrected chi connectivity index (χ2v) is 7.23. The zero-order valence-corrected chi connectivity index (χ0v) is 18.1. The maximum Gasteiger partial charge on any atom is 0.194 e. The Balaban J connectivity index is 1.59. The number of hydrogen-bond donors (Lipinski definition) is 1. The average molecular weight is 448 g/mol. The highest BCUT2D eigenvalue weighted by atomic mass is 79.9. The molecule has 1 aromatic heterocycles. The van der Waals surface area contributed by atoms with E-state index in [4.69, 9.17) is 9.47 Å². The maximum atomic E-state index is 5.43. The number of ether oxygens (including phenoxy) is 2. The number of piperazine rings is 1. The van der Waals surface area contributed by atoms with Crippen molar-refractivity contribution in [3.63, 3.8) is 0 Å². The molecule has 0 saturated carbocycles. The summed E-state index contributed by atoms with van der Waals surface area (Å²) in [5.41, 5.74) is 1.08. The summed E-state index contributed by atoms with van der Waals surface area (Å²) in [6.07, 6.45) is 1.84. The van der Waals surface area contributed by atoms with Gasteiger partial charge < -0.3 is 24.6 Å². The number of halogens is 1. The Hall–Kier alpha value is -2.48. The van der Waals surface area contributed by atoms with Crippen LogP contribution >= 0.6 is 15.9 Å². The molecule has 1 aliphatic rings. The lowest BCUT2D eigenvalue weighted by Crippen LogP contribution is -2.52. The monoisotopic (exact) mass is 447 g/mol. The van der Waals surface area contributed by atoms with Gasteiger partial charge in [0.2, 0.25) is 0 Å². The number of aromatic nitrogens is 1. The predicted octanol–water partition coefficient (Wildman–Crippen LogP) is 2.76. The minimum absolute atomic E-state index is 0.645. The topological polar surface area (TPSA) is 62.2 Å². The molecule has 2 aromatic rings. The summed E-state index contributed by atoms with van der Waals surface area (Å²) in [6.45, 7) is 4.27. The van der Waals surface area contributed by atoms with Crippen molar-refractivity contribution in [1.82, 2.24) is 15.2 Å². The van der Waals surface area contributed by atoms with E-state index < -0.39 is 0 Å². The van der Waals surface area contributed by atoms with Gasteiger partial charge >= 0.3 is 0 Å². The van der Waals surface area contributed by atoms with E-state index in [0.717, 1.165) is 48.0 Å². The second kappa shape index (κ2) is 9.64. The summed E-state index contributed by atoms with van der Waals surface area (Å²) in [5, 5.41) is 3.45. The standard InChI is InChI=1S/C20H26BrN5O2/c1-22-20(24-14-15-12-16(21)19(28-3)17(13-15)27-2)26-10-8-25(9-11-26)18-6-4-5-7-23-18/h4-7,12-13H,8-11,14H2,1-3H3,(H,22,24). The number of guanidine groups is 1. The van der Waals surface area contributed by atoms with Crippen LogP contribution in [0.2, 0.25) is 0 Å². The first kappa shape index (κ1) is 20.3. The summed E-state index contributed by atoms with van der Waals surface area (Å²) in [7, 11) is 5.09. The Morgan fingerprint density at radius 1 is 1.18 bits per heavy atom. The molecule has 1 saturated heterocycles. The van der Waals surface area contributed by atoms with Crippen LogP contribution in [0.5, 0.6) is 11.5 Å². The van der Waals surface area contributed by atoms with Crippen molar-refractivity contribution in [2.75, 3.05) is 52.3 Å². The number of pyridine rings is 1. The summed E-state index contributed by atoms with van der Waals surface area (Å²) in [4.78, 5) is 13.5. The van der Waals surface area contributed by atoms with E-state index in [9.17, 15) is 0 Å². The summed E-state index contributed by atoms with van der Waals surface area (Å²) < 4.78 is 11.7. The fourth-order valence-electron chi connectivity index (χ4n) is 3.27. The van der Waals surface area contributed by atoms with Crippen LogP contribution < -0.4 is 19.7 Å². The van der Waals surface area contributed by atoms with Crippen LogP contribution in [0.3, 0.4) is 0 Å². The lowest BCUT2D eigenvalue weighted by molar-refractivity contribution is 0.352. The van der Waals surface area contributed by atoms with Gasteiger partial charge in [-0.1, -0.05) is 6.07 Å². The third-order valence-corrected chi connectivity index (χ3v) is 5.30. The Bertz CT molecular complexity index is 808. The first-order chi connectivity index (χ1) is 13.7. The number of anilines is 1. The molecular weight excluding hydrogens is 422 g/mol. The van der Waals surface area contributed by atoms with E-state index in [0.29, 0.717) is 18.0 Å². The molecule has 0 unspecified atom stereocenters. The van der Waals surface area contributed by atoms with Crippen molar-refractivity contribution in [2.45, 2.75) is 6.54 Å². The van der Waals surface area contributed by atoms with Crippen molar-refractivity contribution in [2.24, 2.45) is 4.99 Å². The molecule has 7 nitrogen and oxygen atoms in total. The number of methoxy groups -OCH3 is 2. The van der Waals surface area contributed by atoms with Crippen molar-refractivity contribution >= 4 is 27.7 Å². The smallest absolute Gasteiger partial charge is 0.194 e. The predicted molar refractivity (Wildman–Crippen MR) is 115 cm³/mol. The third-order valence-electron chi connectivity index (χ3n) is 4.71. The van der Waals surface area contributed by atoms with Gasteiger partial charge in [-0.05, 0) is 45.8 Å². The largest absolute Gasteiger partial charge is 0.493 e. The lowest BCUT2D eigenvalue weighted by atomic mass is 10.2. The van der Waals surface area contributed by atoms with Gasteiger partial charge in [-0.15, -0.1) is 0 Å². The van der Waals surface area contributed by atoms with Gasteiger partial charge in [-0.25, -0.2) is 4.98 Å². The van der Waals surface area contributed by atoms with Gasteiger partial charge in [-0.2, -0.15) is 0 Å². The Labute approximate surface area is 174 Å². The Morgan fingerprint density at radius 3 is 2.57 bits per heavy atom. The molecule has 1 N–H and O–H groups in total. The first-order valence-corrected chi connectivity index (χ1v) is 9.97. The highest BCUT2D eigenvalue weighted by Gasteiger charge is 2.20. The molecule has 3 rings (SSSR count). The van der Waals surface area contributed by atoms with Gasteiger partial charge in [0, 0.05) is 46.0 Å². The van der Waals surface area contributed by atoms with Crippen molar-refractivity contribution < 1.29 is 9.47 Å². The minimum Gasteiger partial charge on any atom is -0.493 e. The Kier molecular flexibility index (Phi) is 6.97. The van der Waals surface area contributed by atoms with E-state index in [-0.39, 0.29) is 0 Å². The Morgan fingerprint density at radius 2 is 1.96 bits per heavy atom. The molecule has 2 heterocycles. The van der Waals surface area contributed by atoms with Gasteiger partial charge in [0.05, 0.1) is 18.7 Å². The average Bonchev–Trinajstić information content (AvgIpc) is 2.74. The number of nitrogens with one attached hydrogen (secondary N) is 1. The molecule has 8 heteroatoms. The van der Waals surface area contributed by atoms with E-state index in [2.05, 4.69) is 47.1 Å². The van der Waals surface area contributed by atoms with E-state index in [1.807, 2.05) is 37.5 Å². The van der Waals surface area contributed by atoms with Crippen LogP contribution in [0.4, 0.5) is 5.82 Å². The van der Waals surface area contributed by atoms with E-state index in [1.54, 1.807) is 14.2 Å².